The number of thiophene rings is 2. The molecule has 0 saturated heterocycles. The van der Waals surface area contributed by atoms with Crippen molar-refractivity contribution in [3.05, 3.63) is 74.1 Å². The van der Waals surface area contributed by atoms with Crippen molar-refractivity contribution in [1.82, 2.24) is 4.90 Å². The van der Waals surface area contributed by atoms with Crippen LogP contribution in [-0.4, -0.2) is 31.0 Å². The van der Waals surface area contributed by atoms with Crippen molar-refractivity contribution in [3.8, 4) is 5.75 Å². The highest BCUT2D eigenvalue weighted by Gasteiger charge is 2.21. The molecule has 2 aromatic heterocycles. The number of ether oxygens (including phenoxy) is 2. The first kappa shape index (κ1) is 19.1. The van der Waals surface area contributed by atoms with Crippen LogP contribution in [0.1, 0.15) is 29.8 Å². The molecule has 3 rings (SSSR count). The number of nitrogens with zero attached hydrogens (tertiary/aromatic N) is 1. The van der Waals surface area contributed by atoms with Crippen molar-refractivity contribution in [2.75, 3.05) is 14.2 Å². The number of methoxy groups -OCH3 is 2. The van der Waals surface area contributed by atoms with Crippen LogP contribution in [0.3, 0.4) is 0 Å². The van der Waals surface area contributed by atoms with E-state index < -0.39 is 5.97 Å². The maximum atomic E-state index is 13.1. The van der Waals surface area contributed by atoms with Gasteiger partial charge in [-0.15, -0.1) is 22.7 Å². The van der Waals surface area contributed by atoms with E-state index in [-0.39, 0.29) is 5.91 Å². The van der Waals surface area contributed by atoms with Crippen LogP contribution in [0.2, 0.25) is 0 Å². The van der Waals surface area contributed by atoms with Crippen LogP contribution in [-0.2, 0) is 17.8 Å². The lowest BCUT2D eigenvalue weighted by Gasteiger charge is -2.22. The van der Waals surface area contributed by atoms with Gasteiger partial charge >= 0.3 is 5.97 Å². The number of benzene rings is 1. The lowest BCUT2D eigenvalue weighted by Crippen LogP contribution is -2.29. The molecular formula is C20H19NO4S2. The third kappa shape index (κ3) is 4.56. The first-order valence-electron chi connectivity index (χ1n) is 8.24. The van der Waals surface area contributed by atoms with Crippen molar-refractivity contribution in [2.45, 2.75) is 13.1 Å². The summed E-state index contributed by atoms with van der Waals surface area (Å²) in [6.07, 6.45) is 0. The Kier molecular flexibility index (Phi) is 6.26. The molecule has 0 radical (unpaired) electrons. The SMILES string of the molecule is COC(=O)c1ccc(C(=O)N(Cc2cccs2)Cc2ccccc2OC)s1. The smallest absolute Gasteiger partial charge is 0.348 e. The summed E-state index contributed by atoms with van der Waals surface area (Å²) in [5, 5.41) is 1.99. The van der Waals surface area contributed by atoms with Gasteiger partial charge in [0.2, 0.25) is 0 Å². The highest BCUT2D eigenvalue weighted by atomic mass is 32.1. The van der Waals surface area contributed by atoms with E-state index in [1.54, 1.807) is 35.5 Å². The van der Waals surface area contributed by atoms with Gasteiger partial charge in [-0.3, -0.25) is 4.79 Å². The van der Waals surface area contributed by atoms with Gasteiger partial charge in [0.15, 0.2) is 0 Å². The number of rotatable bonds is 7. The lowest BCUT2D eigenvalue weighted by molar-refractivity contribution is 0.0606. The molecule has 0 aliphatic carbocycles. The first-order chi connectivity index (χ1) is 13.1. The Labute approximate surface area is 165 Å². The van der Waals surface area contributed by atoms with Crippen molar-refractivity contribution in [1.29, 1.82) is 0 Å². The number of hydrogen-bond donors (Lipinski definition) is 0. The van der Waals surface area contributed by atoms with Gasteiger partial charge in [-0.1, -0.05) is 24.3 Å². The minimum atomic E-state index is -0.436. The Bertz CT molecular complexity index is 918. The zero-order chi connectivity index (χ0) is 19.2. The summed E-state index contributed by atoms with van der Waals surface area (Å²) in [5.41, 5.74) is 0.926. The van der Waals surface area contributed by atoms with E-state index in [2.05, 4.69) is 0 Å². The molecule has 2 heterocycles. The van der Waals surface area contributed by atoms with E-state index in [0.29, 0.717) is 22.8 Å². The Balaban J connectivity index is 1.88. The molecule has 1 aromatic carbocycles. The zero-order valence-corrected chi connectivity index (χ0v) is 16.6. The maximum absolute atomic E-state index is 13.1. The molecule has 5 nitrogen and oxygen atoms in total. The van der Waals surface area contributed by atoms with E-state index in [1.165, 1.54) is 7.11 Å². The number of para-hydroxylation sites is 1. The van der Waals surface area contributed by atoms with E-state index in [1.807, 2.05) is 41.8 Å². The predicted octanol–water partition coefficient (Wildman–Crippen LogP) is 4.45. The van der Waals surface area contributed by atoms with Crippen LogP contribution in [0.4, 0.5) is 0 Å². The standard InChI is InChI=1S/C20H19NO4S2/c1-24-16-8-4-3-6-14(16)12-21(13-15-7-5-11-26-15)19(22)17-9-10-18(27-17)20(23)25-2/h3-11H,12-13H2,1-2H3. The summed E-state index contributed by atoms with van der Waals surface area (Å²) in [5.74, 6) is 0.172. The molecule has 1 amide bonds. The third-order valence-corrected chi connectivity index (χ3v) is 5.89. The largest absolute Gasteiger partial charge is 0.496 e. The molecule has 0 spiro atoms. The quantitative estimate of drug-likeness (QED) is 0.549. The lowest BCUT2D eigenvalue weighted by atomic mass is 10.2. The number of carbonyl (C=O) groups excluding carboxylic acids is 2. The molecule has 7 heteroatoms. The van der Waals surface area contributed by atoms with Gasteiger partial charge < -0.3 is 14.4 Å². The van der Waals surface area contributed by atoms with E-state index in [9.17, 15) is 9.59 Å². The van der Waals surface area contributed by atoms with Crippen LogP contribution in [0.15, 0.2) is 53.9 Å². The van der Waals surface area contributed by atoms with Crippen LogP contribution >= 0.6 is 22.7 Å². The molecule has 0 fully saturated rings. The van der Waals surface area contributed by atoms with Crippen molar-refractivity contribution >= 4 is 34.6 Å². The Hall–Kier alpha value is -2.64. The molecule has 0 bridgehead atoms. The molecule has 0 N–H and O–H groups in total. The van der Waals surface area contributed by atoms with Crippen LogP contribution in [0.25, 0.3) is 0 Å². The molecule has 0 aliphatic heterocycles. The van der Waals surface area contributed by atoms with Gasteiger partial charge in [-0.25, -0.2) is 4.79 Å². The summed E-state index contributed by atoms with van der Waals surface area (Å²) >= 11 is 2.74. The van der Waals surface area contributed by atoms with Gasteiger partial charge in [0, 0.05) is 10.4 Å². The average molecular weight is 402 g/mol. The predicted molar refractivity (Wildman–Crippen MR) is 107 cm³/mol. The van der Waals surface area contributed by atoms with Gasteiger partial charge in [0.1, 0.15) is 10.6 Å². The molecule has 0 aliphatic rings. The molecule has 0 unspecified atom stereocenters. The van der Waals surface area contributed by atoms with Crippen molar-refractivity contribution in [3.63, 3.8) is 0 Å². The Morgan fingerprint density at radius 1 is 0.963 bits per heavy atom. The topological polar surface area (TPSA) is 55.8 Å². The monoisotopic (exact) mass is 401 g/mol. The van der Waals surface area contributed by atoms with Gasteiger partial charge in [0.05, 0.1) is 32.2 Å². The maximum Gasteiger partial charge on any atom is 0.348 e. The average Bonchev–Trinajstić information content (AvgIpc) is 3.38. The normalized spacial score (nSPS) is 10.4. The van der Waals surface area contributed by atoms with Crippen molar-refractivity contribution in [2.24, 2.45) is 0 Å². The minimum absolute atomic E-state index is 0.130. The van der Waals surface area contributed by atoms with E-state index in [4.69, 9.17) is 9.47 Å². The van der Waals surface area contributed by atoms with Crippen LogP contribution in [0.5, 0.6) is 5.75 Å². The minimum Gasteiger partial charge on any atom is -0.496 e. The molecule has 0 saturated carbocycles. The van der Waals surface area contributed by atoms with Gasteiger partial charge in [0.25, 0.3) is 5.91 Å². The van der Waals surface area contributed by atoms with Crippen molar-refractivity contribution < 1.29 is 19.1 Å². The van der Waals surface area contributed by atoms with Crippen LogP contribution < -0.4 is 4.74 Å². The fourth-order valence-corrected chi connectivity index (χ4v) is 4.26. The molecule has 27 heavy (non-hydrogen) atoms. The Morgan fingerprint density at radius 2 is 1.74 bits per heavy atom. The number of carbonyl (C=O) groups is 2. The highest BCUT2D eigenvalue weighted by Crippen LogP contribution is 2.25. The molecule has 140 valence electrons. The number of hydrogen-bond acceptors (Lipinski definition) is 6. The molecule has 0 atom stereocenters. The first-order valence-corrected chi connectivity index (χ1v) is 9.93. The fourth-order valence-electron chi connectivity index (χ4n) is 2.65. The zero-order valence-electron chi connectivity index (χ0n) is 15.0. The summed E-state index contributed by atoms with van der Waals surface area (Å²) in [6.45, 7) is 0.895. The summed E-state index contributed by atoms with van der Waals surface area (Å²) < 4.78 is 10.2. The van der Waals surface area contributed by atoms with Crippen LogP contribution in [0, 0.1) is 0 Å². The molecular weight excluding hydrogens is 382 g/mol. The fraction of sp³-hybridized carbons (Fsp3) is 0.200. The second-order valence-electron chi connectivity index (χ2n) is 5.71. The molecule has 3 aromatic rings. The third-order valence-electron chi connectivity index (χ3n) is 3.97. The summed E-state index contributed by atoms with van der Waals surface area (Å²) in [4.78, 5) is 28.6. The highest BCUT2D eigenvalue weighted by molar-refractivity contribution is 7.15. The summed E-state index contributed by atoms with van der Waals surface area (Å²) in [7, 11) is 2.94. The second kappa shape index (κ2) is 8.83. The van der Waals surface area contributed by atoms with Gasteiger partial charge in [-0.05, 0) is 29.6 Å². The number of amides is 1. The van der Waals surface area contributed by atoms with E-state index in [0.717, 1.165) is 27.5 Å². The summed E-state index contributed by atoms with van der Waals surface area (Å²) in [6, 6.07) is 14.9. The van der Waals surface area contributed by atoms with E-state index >= 15 is 0 Å². The second-order valence-corrected chi connectivity index (χ2v) is 7.82. The number of esters is 1. The Morgan fingerprint density at radius 3 is 2.44 bits per heavy atom. The van der Waals surface area contributed by atoms with Gasteiger partial charge in [-0.2, -0.15) is 0 Å².